The zero-order valence-electron chi connectivity index (χ0n) is 8.43. The molecule has 0 aromatic rings. The van der Waals surface area contributed by atoms with Gasteiger partial charge >= 0.3 is 0 Å². The van der Waals surface area contributed by atoms with E-state index in [-0.39, 0.29) is 5.60 Å². The van der Waals surface area contributed by atoms with Crippen LogP contribution < -0.4 is 5.73 Å². The van der Waals surface area contributed by atoms with Crippen molar-refractivity contribution in [2.75, 3.05) is 13.2 Å². The molecule has 0 bridgehead atoms. The minimum absolute atomic E-state index is 0.290. The van der Waals surface area contributed by atoms with Crippen LogP contribution in [0.15, 0.2) is 0 Å². The highest BCUT2D eigenvalue weighted by atomic mass is 16.5. The molecule has 1 heterocycles. The van der Waals surface area contributed by atoms with Crippen molar-refractivity contribution in [1.82, 2.24) is 0 Å². The van der Waals surface area contributed by atoms with Gasteiger partial charge in [-0.25, -0.2) is 0 Å². The summed E-state index contributed by atoms with van der Waals surface area (Å²) >= 11 is 0. The summed E-state index contributed by atoms with van der Waals surface area (Å²) in [5.41, 5.74) is 5.90. The summed E-state index contributed by atoms with van der Waals surface area (Å²) in [5, 5.41) is 0. The minimum atomic E-state index is 0.290. The maximum atomic E-state index is 5.96. The molecule has 2 heteroatoms. The lowest BCUT2D eigenvalue weighted by Crippen LogP contribution is -2.37. The first-order valence-electron chi connectivity index (χ1n) is 5.69. The van der Waals surface area contributed by atoms with Crippen molar-refractivity contribution in [3.8, 4) is 0 Å². The molecule has 76 valence electrons. The van der Waals surface area contributed by atoms with E-state index in [0.717, 1.165) is 19.1 Å². The van der Waals surface area contributed by atoms with Gasteiger partial charge in [-0.3, -0.25) is 0 Å². The topological polar surface area (TPSA) is 35.2 Å². The number of hydrogen-bond donors (Lipinski definition) is 1. The van der Waals surface area contributed by atoms with Crippen molar-refractivity contribution in [1.29, 1.82) is 0 Å². The van der Waals surface area contributed by atoms with E-state index in [2.05, 4.69) is 0 Å². The quantitative estimate of drug-likeness (QED) is 0.711. The van der Waals surface area contributed by atoms with Crippen LogP contribution >= 0.6 is 0 Å². The summed E-state index contributed by atoms with van der Waals surface area (Å²) in [6.45, 7) is 1.82. The average Bonchev–Trinajstić information content (AvgIpc) is 2.54. The van der Waals surface area contributed by atoms with Gasteiger partial charge < -0.3 is 10.5 Å². The Morgan fingerprint density at radius 1 is 1.31 bits per heavy atom. The summed E-state index contributed by atoms with van der Waals surface area (Å²) in [6, 6.07) is 0. The van der Waals surface area contributed by atoms with Crippen molar-refractivity contribution in [3.05, 3.63) is 0 Å². The maximum absolute atomic E-state index is 5.96. The molecule has 1 saturated heterocycles. The standard InChI is InChI=1S/C11H21NO/c12-7-3-10-4-8-13-11(9-10)5-1-2-6-11/h10H,1-9,12H2. The summed E-state index contributed by atoms with van der Waals surface area (Å²) in [7, 11) is 0. The van der Waals surface area contributed by atoms with E-state index < -0.39 is 0 Å². The third-order valence-corrected chi connectivity index (χ3v) is 3.68. The first kappa shape index (κ1) is 9.47. The van der Waals surface area contributed by atoms with E-state index in [9.17, 15) is 0 Å². The van der Waals surface area contributed by atoms with Crippen molar-refractivity contribution in [2.45, 2.75) is 50.5 Å². The van der Waals surface area contributed by atoms with Crippen LogP contribution in [-0.4, -0.2) is 18.8 Å². The molecule has 2 aliphatic rings. The fourth-order valence-corrected chi connectivity index (χ4v) is 2.98. The zero-order valence-corrected chi connectivity index (χ0v) is 8.43. The summed E-state index contributed by atoms with van der Waals surface area (Å²) in [4.78, 5) is 0. The Morgan fingerprint density at radius 2 is 2.08 bits per heavy atom. The molecule has 0 radical (unpaired) electrons. The van der Waals surface area contributed by atoms with Crippen LogP contribution in [0.5, 0.6) is 0 Å². The van der Waals surface area contributed by atoms with Gasteiger partial charge in [0.2, 0.25) is 0 Å². The zero-order chi connectivity index (χ0) is 9.15. The van der Waals surface area contributed by atoms with E-state index in [1.54, 1.807) is 0 Å². The highest BCUT2D eigenvalue weighted by Crippen LogP contribution is 2.42. The Labute approximate surface area is 80.8 Å². The fourth-order valence-electron chi connectivity index (χ4n) is 2.98. The van der Waals surface area contributed by atoms with E-state index >= 15 is 0 Å². The number of hydrogen-bond acceptors (Lipinski definition) is 2. The van der Waals surface area contributed by atoms with E-state index in [4.69, 9.17) is 10.5 Å². The molecule has 0 aromatic carbocycles. The molecular weight excluding hydrogens is 162 g/mol. The van der Waals surface area contributed by atoms with Crippen LogP contribution in [0.1, 0.15) is 44.9 Å². The molecule has 0 aromatic heterocycles. The number of ether oxygens (including phenoxy) is 1. The maximum Gasteiger partial charge on any atom is 0.0685 e. The lowest BCUT2D eigenvalue weighted by molar-refractivity contribution is -0.0932. The molecule has 1 spiro atoms. The summed E-state index contributed by atoms with van der Waals surface area (Å²) in [6.07, 6.45) is 9.06. The van der Waals surface area contributed by atoms with Gasteiger partial charge in [0.05, 0.1) is 5.60 Å². The van der Waals surface area contributed by atoms with Crippen LogP contribution in [0.3, 0.4) is 0 Å². The Hall–Kier alpha value is -0.0800. The van der Waals surface area contributed by atoms with Gasteiger partial charge in [0, 0.05) is 6.61 Å². The predicted octanol–water partition coefficient (Wildman–Crippen LogP) is 2.07. The minimum Gasteiger partial charge on any atom is -0.375 e. The van der Waals surface area contributed by atoms with E-state index in [1.165, 1.54) is 44.9 Å². The second-order valence-electron chi connectivity index (χ2n) is 4.67. The number of rotatable bonds is 2. The van der Waals surface area contributed by atoms with E-state index in [0.29, 0.717) is 0 Å². The summed E-state index contributed by atoms with van der Waals surface area (Å²) in [5.74, 6) is 0.844. The number of nitrogens with two attached hydrogens (primary N) is 1. The van der Waals surface area contributed by atoms with Gasteiger partial charge in [0.25, 0.3) is 0 Å². The highest BCUT2D eigenvalue weighted by molar-refractivity contribution is 4.91. The van der Waals surface area contributed by atoms with Gasteiger partial charge in [0.15, 0.2) is 0 Å². The van der Waals surface area contributed by atoms with Gasteiger partial charge in [-0.15, -0.1) is 0 Å². The molecule has 1 atom stereocenters. The van der Waals surface area contributed by atoms with E-state index in [1.807, 2.05) is 0 Å². The molecule has 13 heavy (non-hydrogen) atoms. The third-order valence-electron chi connectivity index (χ3n) is 3.68. The van der Waals surface area contributed by atoms with Crippen LogP contribution in [-0.2, 0) is 4.74 Å². The normalized spacial score (nSPS) is 32.5. The van der Waals surface area contributed by atoms with Gasteiger partial charge in [0.1, 0.15) is 0 Å². The Kier molecular flexibility index (Phi) is 2.89. The Morgan fingerprint density at radius 3 is 2.77 bits per heavy atom. The molecule has 2 nitrogen and oxygen atoms in total. The molecule has 1 aliphatic heterocycles. The second kappa shape index (κ2) is 3.97. The van der Waals surface area contributed by atoms with Crippen LogP contribution in [0.25, 0.3) is 0 Å². The first-order chi connectivity index (χ1) is 6.35. The smallest absolute Gasteiger partial charge is 0.0685 e. The Balaban J connectivity index is 1.90. The third kappa shape index (κ3) is 2.05. The first-order valence-corrected chi connectivity index (χ1v) is 5.69. The van der Waals surface area contributed by atoms with Gasteiger partial charge in [-0.05, 0) is 44.6 Å². The average molecular weight is 183 g/mol. The second-order valence-corrected chi connectivity index (χ2v) is 4.67. The monoisotopic (exact) mass is 183 g/mol. The molecule has 0 amide bonds. The fraction of sp³-hybridized carbons (Fsp3) is 1.00. The lowest BCUT2D eigenvalue weighted by atomic mass is 9.83. The Bertz CT molecular complexity index is 161. The van der Waals surface area contributed by atoms with Crippen molar-refractivity contribution in [3.63, 3.8) is 0 Å². The molecule has 2 rings (SSSR count). The molecule has 1 unspecified atom stereocenters. The summed E-state index contributed by atoms with van der Waals surface area (Å²) < 4.78 is 5.96. The van der Waals surface area contributed by atoms with Crippen LogP contribution in [0, 0.1) is 5.92 Å². The highest BCUT2D eigenvalue weighted by Gasteiger charge is 2.39. The molecule has 1 aliphatic carbocycles. The van der Waals surface area contributed by atoms with Crippen molar-refractivity contribution < 1.29 is 4.74 Å². The molecule has 1 saturated carbocycles. The van der Waals surface area contributed by atoms with Crippen molar-refractivity contribution in [2.24, 2.45) is 11.7 Å². The molecule has 2 fully saturated rings. The van der Waals surface area contributed by atoms with Gasteiger partial charge in [-0.2, -0.15) is 0 Å². The van der Waals surface area contributed by atoms with Crippen LogP contribution in [0.2, 0.25) is 0 Å². The lowest BCUT2D eigenvalue weighted by Gasteiger charge is -2.38. The largest absolute Gasteiger partial charge is 0.375 e. The molecular formula is C11H21NO. The predicted molar refractivity (Wildman–Crippen MR) is 53.5 cm³/mol. The van der Waals surface area contributed by atoms with Gasteiger partial charge in [-0.1, -0.05) is 12.8 Å². The SMILES string of the molecule is NCCC1CCOC2(CCCC2)C1. The van der Waals surface area contributed by atoms with Crippen molar-refractivity contribution >= 4 is 0 Å². The molecule has 2 N–H and O–H groups in total. The van der Waals surface area contributed by atoms with Crippen LogP contribution in [0.4, 0.5) is 0 Å².